The van der Waals surface area contributed by atoms with Crippen molar-refractivity contribution in [3.05, 3.63) is 170 Å². The van der Waals surface area contributed by atoms with E-state index in [1.807, 2.05) is 18.3 Å². The summed E-state index contributed by atoms with van der Waals surface area (Å²) < 4.78 is 13.3. The highest BCUT2D eigenvalue weighted by atomic mass is 16.3. The van der Waals surface area contributed by atoms with Crippen LogP contribution in [-0.2, 0) is 0 Å². The van der Waals surface area contributed by atoms with Gasteiger partial charge >= 0.3 is 0 Å². The second-order valence-corrected chi connectivity index (χ2v) is 13.2. The number of aromatic nitrogens is 1. The normalized spacial score (nSPS) is 11.9. The first-order valence-electron chi connectivity index (χ1n) is 17.2. The molecular weight excluding hydrogens is 625 g/mol. The minimum Gasteiger partial charge on any atom is -0.455 e. The van der Waals surface area contributed by atoms with Gasteiger partial charge in [0.05, 0.1) is 5.52 Å². The first kappa shape index (κ1) is 28.0. The summed E-state index contributed by atoms with van der Waals surface area (Å²) in [7, 11) is 0. The molecular formula is C47H28N2O2. The van der Waals surface area contributed by atoms with Crippen molar-refractivity contribution in [1.29, 1.82) is 0 Å². The van der Waals surface area contributed by atoms with Crippen molar-refractivity contribution in [3.63, 3.8) is 0 Å². The van der Waals surface area contributed by atoms with Crippen molar-refractivity contribution in [1.82, 2.24) is 4.98 Å². The van der Waals surface area contributed by atoms with Crippen LogP contribution in [0.3, 0.4) is 0 Å². The molecule has 4 nitrogen and oxygen atoms in total. The highest BCUT2D eigenvalue weighted by Crippen LogP contribution is 2.43. The molecule has 0 amide bonds. The maximum atomic E-state index is 6.64. The van der Waals surface area contributed by atoms with E-state index in [1.165, 1.54) is 10.8 Å². The lowest BCUT2D eigenvalue weighted by molar-refractivity contribution is 0.672. The second-order valence-electron chi connectivity index (χ2n) is 13.2. The Morgan fingerprint density at radius 1 is 0.373 bits per heavy atom. The molecule has 3 aromatic heterocycles. The maximum Gasteiger partial charge on any atom is 0.143 e. The third-order valence-electron chi connectivity index (χ3n) is 10.3. The molecule has 0 aliphatic carbocycles. The van der Waals surface area contributed by atoms with Gasteiger partial charge in [0.2, 0.25) is 0 Å². The SMILES string of the molecule is c1ccc2ncc(-c3ccc(N(c4ccc5c(c4)oc4c6ccccc6ccc54)c4ccc5c(c4)oc4c6ccccc6ccc54)cc3)cc2c1. The smallest absolute Gasteiger partial charge is 0.143 e. The first-order valence-corrected chi connectivity index (χ1v) is 17.2. The molecule has 0 aliphatic rings. The molecule has 0 bridgehead atoms. The summed E-state index contributed by atoms with van der Waals surface area (Å²) in [6, 6.07) is 57.6. The van der Waals surface area contributed by atoms with Crippen molar-refractivity contribution in [2.45, 2.75) is 0 Å². The predicted molar refractivity (Wildman–Crippen MR) is 211 cm³/mol. The number of rotatable bonds is 4. The van der Waals surface area contributed by atoms with Gasteiger partial charge in [-0.15, -0.1) is 0 Å². The highest BCUT2D eigenvalue weighted by molar-refractivity contribution is 6.17. The van der Waals surface area contributed by atoms with Gasteiger partial charge in [-0.2, -0.15) is 0 Å². The molecule has 0 spiro atoms. The number of hydrogen-bond donors (Lipinski definition) is 0. The van der Waals surface area contributed by atoms with E-state index in [1.54, 1.807) is 0 Å². The van der Waals surface area contributed by atoms with Crippen molar-refractivity contribution in [3.8, 4) is 11.1 Å². The summed E-state index contributed by atoms with van der Waals surface area (Å²) in [4.78, 5) is 6.99. The van der Waals surface area contributed by atoms with E-state index in [4.69, 9.17) is 13.8 Å². The Hall–Kier alpha value is -6.91. The summed E-state index contributed by atoms with van der Waals surface area (Å²) in [5, 5.41) is 10.1. The van der Waals surface area contributed by atoms with Crippen molar-refractivity contribution in [2.75, 3.05) is 4.90 Å². The summed E-state index contributed by atoms with van der Waals surface area (Å²) in [6.07, 6.45) is 1.95. The van der Waals surface area contributed by atoms with Crippen molar-refractivity contribution >= 4 is 93.4 Å². The van der Waals surface area contributed by atoms with Crippen molar-refractivity contribution in [2.24, 2.45) is 0 Å². The van der Waals surface area contributed by atoms with Crippen LogP contribution in [0.25, 0.3) is 87.5 Å². The average molecular weight is 653 g/mol. The van der Waals surface area contributed by atoms with Crippen LogP contribution in [0.15, 0.2) is 179 Å². The Morgan fingerprint density at radius 3 is 1.49 bits per heavy atom. The number of nitrogens with zero attached hydrogens (tertiary/aromatic N) is 2. The fourth-order valence-electron chi connectivity index (χ4n) is 7.74. The zero-order chi connectivity index (χ0) is 33.5. The zero-order valence-corrected chi connectivity index (χ0v) is 27.4. The monoisotopic (exact) mass is 652 g/mol. The molecule has 238 valence electrons. The Balaban J connectivity index is 1.09. The molecule has 0 aliphatic heterocycles. The maximum absolute atomic E-state index is 6.64. The summed E-state index contributed by atoms with van der Waals surface area (Å²) in [6.45, 7) is 0. The molecule has 0 saturated heterocycles. The van der Waals surface area contributed by atoms with E-state index < -0.39 is 0 Å². The quantitative estimate of drug-likeness (QED) is 0.190. The molecule has 0 unspecified atom stereocenters. The van der Waals surface area contributed by atoms with Crippen LogP contribution in [0.4, 0.5) is 17.1 Å². The lowest BCUT2D eigenvalue weighted by Gasteiger charge is -2.25. The predicted octanol–water partition coefficient (Wildman–Crippen LogP) is 13.5. The van der Waals surface area contributed by atoms with Gasteiger partial charge < -0.3 is 13.7 Å². The van der Waals surface area contributed by atoms with Crippen LogP contribution < -0.4 is 4.90 Å². The Labute approximate surface area is 292 Å². The summed E-state index contributed by atoms with van der Waals surface area (Å²) in [5.41, 5.74) is 9.71. The molecule has 4 heteroatoms. The van der Waals surface area contributed by atoms with Gasteiger partial charge in [0, 0.05) is 78.7 Å². The molecule has 0 fully saturated rings. The molecule has 0 atom stereocenters. The topological polar surface area (TPSA) is 42.4 Å². The molecule has 3 heterocycles. The third-order valence-corrected chi connectivity index (χ3v) is 10.3. The molecule has 0 saturated carbocycles. The number of anilines is 3. The number of fused-ring (bicyclic) bond motifs is 11. The van der Waals surface area contributed by atoms with Gasteiger partial charge in [0.15, 0.2) is 0 Å². The van der Waals surface area contributed by atoms with Crippen LogP contribution in [-0.4, -0.2) is 4.98 Å². The lowest BCUT2D eigenvalue weighted by Crippen LogP contribution is -2.09. The molecule has 8 aromatic carbocycles. The highest BCUT2D eigenvalue weighted by Gasteiger charge is 2.19. The fraction of sp³-hybridized carbons (Fsp3) is 0. The molecule has 51 heavy (non-hydrogen) atoms. The number of para-hydroxylation sites is 1. The summed E-state index contributed by atoms with van der Waals surface area (Å²) >= 11 is 0. The standard InChI is InChI=1S/C47H28N2O2/c1-4-10-37-30(7-1)15-21-41-39-23-19-35(26-44(39)50-46(37)41)49(34-17-13-29(14-18-34)33-25-32-9-3-6-12-43(32)48-28-33)36-20-24-40-42-22-16-31-8-2-5-11-38(31)47(42)51-45(40)27-36/h1-28H. The van der Waals surface area contributed by atoms with Crippen LogP contribution in [0, 0.1) is 0 Å². The molecule has 11 rings (SSSR count). The van der Waals surface area contributed by atoms with E-state index in [2.05, 4.69) is 157 Å². The zero-order valence-electron chi connectivity index (χ0n) is 27.4. The van der Waals surface area contributed by atoms with Gasteiger partial charge in [-0.25, -0.2) is 0 Å². The van der Waals surface area contributed by atoms with Gasteiger partial charge in [0.1, 0.15) is 22.3 Å². The molecule has 0 N–H and O–H groups in total. The largest absolute Gasteiger partial charge is 0.455 e. The summed E-state index contributed by atoms with van der Waals surface area (Å²) in [5.74, 6) is 0. The van der Waals surface area contributed by atoms with Crippen LogP contribution in [0.5, 0.6) is 0 Å². The fourth-order valence-corrected chi connectivity index (χ4v) is 7.74. The minimum atomic E-state index is 0.846. The lowest BCUT2D eigenvalue weighted by atomic mass is 10.0. The third kappa shape index (κ3) is 4.37. The molecule has 0 radical (unpaired) electrons. The Kier molecular flexibility index (Phi) is 5.92. The first-order chi connectivity index (χ1) is 25.2. The van der Waals surface area contributed by atoms with Gasteiger partial charge in [-0.3, -0.25) is 4.98 Å². The van der Waals surface area contributed by atoms with E-state index in [-0.39, 0.29) is 0 Å². The number of hydrogen-bond acceptors (Lipinski definition) is 4. The van der Waals surface area contributed by atoms with Crippen LogP contribution in [0.2, 0.25) is 0 Å². The molecule has 11 aromatic rings. The Bertz CT molecular complexity index is 3000. The van der Waals surface area contributed by atoms with Crippen LogP contribution >= 0.6 is 0 Å². The van der Waals surface area contributed by atoms with E-state index >= 15 is 0 Å². The minimum absolute atomic E-state index is 0.846. The van der Waals surface area contributed by atoms with Gasteiger partial charge in [-0.1, -0.05) is 91.0 Å². The second kappa shape index (κ2) is 10.8. The van der Waals surface area contributed by atoms with E-state index in [0.29, 0.717) is 0 Å². The number of furan rings is 2. The van der Waals surface area contributed by atoms with Crippen molar-refractivity contribution < 1.29 is 8.83 Å². The van der Waals surface area contributed by atoms with Gasteiger partial charge in [0.25, 0.3) is 0 Å². The number of pyridine rings is 1. The Morgan fingerprint density at radius 2 is 0.882 bits per heavy atom. The van der Waals surface area contributed by atoms with E-state index in [0.717, 1.165) is 93.7 Å². The number of benzene rings is 8. The van der Waals surface area contributed by atoms with Gasteiger partial charge in [-0.05, 0) is 77.0 Å². The van der Waals surface area contributed by atoms with Crippen LogP contribution in [0.1, 0.15) is 0 Å². The van der Waals surface area contributed by atoms with E-state index in [9.17, 15) is 0 Å². The average Bonchev–Trinajstić information content (AvgIpc) is 3.76.